The predicted octanol–water partition coefficient (Wildman–Crippen LogP) is 2.95. The molecule has 27 heavy (non-hydrogen) atoms. The Morgan fingerprint density at radius 3 is 2.48 bits per heavy atom. The lowest BCUT2D eigenvalue weighted by atomic mass is 10.1. The van der Waals surface area contributed by atoms with Crippen molar-refractivity contribution in [3.8, 4) is 0 Å². The highest BCUT2D eigenvalue weighted by Gasteiger charge is 2.20. The van der Waals surface area contributed by atoms with Gasteiger partial charge in [0.15, 0.2) is 0 Å². The van der Waals surface area contributed by atoms with Crippen LogP contribution in [0.25, 0.3) is 0 Å². The standard InChI is InChI=1S/C19H23BrN2O4S/c1-14-4-6-15(7-5-14)13-22(2)19(23)17-12-16(8-9-18(17)20)27(24,25)21-10-11-26-3/h4-9,12,21H,10-11,13H2,1-3H3. The summed E-state index contributed by atoms with van der Waals surface area (Å²) in [4.78, 5) is 14.4. The van der Waals surface area contributed by atoms with Crippen molar-refractivity contribution in [2.75, 3.05) is 27.3 Å². The number of amides is 1. The molecule has 0 bridgehead atoms. The number of hydrogen-bond donors (Lipinski definition) is 1. The number of carbonyl (C=O) groups excluding carboxylic acids is 1. The quantitative estimate of drug-likeness (QED) is 0.622. The Labute approximate surface area is 168 Å². The molecule has 0 radical (unpaired) electrons. The zero-order valence-electron chi connectivity index (χ0n) is 15.5. The molecule has 2 aromatic rings. The van der Waals surface area contributed by atoms with Crippen LogP contribution < -0.4 is 4.72 Å². The van der Waals surface area contributed by atoms with Crippen LogP contribution in [0.2, 0.25) is 0 Å². The number of carbonyl (C=O) groups is 1. The van der Waals surface area contributed by atoms with Crippen LogP contribution in [-0.4, -0.2) is 46.5 Å². The molecule has 0 heterocycles. The van der Waals surface area contributed by atoms with Gasteiger partial charge in [-0.2, -0.15) is 0 Å². The summed E-state index contributed by atoms with van der Waals surface area (Å²) >= 11 is 3.34. The Hall–Kier alpha value is -1.74. The average molecular weight is 455 g/mol. The zero-order valence-corrected chi connectivity index (χ0v) is 17.9. The monoisotopic (exact) mass is 454 g/mol. The van der Waals surface area contributed by atoms with Crippen LogP contribution in [0.15, 0.2) is 51.8 Å². The molecule has 0 saturated carbocycles. The second kappa shape index (κ2) is 9.45. The number of methoxy groups -OCH3 is 1. The van der Waals surface area contributed by atoms with Crippen LogP contribution in [0.3, 0.4) is 0 Å². The van der Waals surface area contributed by atoms with Gasteiger partial charge in [0.25, 0.3) is 5.91 Å². The van der Waals surface area contributed by atoms with Crippen molar-refractivity contribution in [1.82, 2.24) is 9.62 Å². The molecule has 0 aliphatic rings. The minimum absolute atomic E-state index is 0.0360. The maximum atomic E-state index is 12.8. The normalized spacial score (nSPS) is 11.4. The molecule has 2 aromatic carbocycles. The van der Waals surface area contributed by atoms with E-state index in [9.17, 15) is 13.2 Å². The molecule has 0 spiro atoms. The molecule has 1 N–H and O–H groups in total. The number of sulfonamides is 1. The molecular formula is C19H23BrN2O4S. The molecule has 0 aliphatic carbocycles. The fourth-order valence-electron chi connectivity index (χ4n) is 2.44. The highest BCUT2D eigenvalue weighted by atomic mass is 79.9. The summed E-state index contributed by atoms with van der Waals surface area (Å²) in [5.74, 6) is -0.267. The van der Waals surface area contributed by atoms with Crippen molar-refractivity contribution in [2.45, 2.75) is 18.4 Å². The molecule has 2 rings (SSSR count). The number of halogens is 1. The van der Waals surface area contributed by atoms with Crippen LogP contribution in [0.5, 0.6) is 0 Å². The zero-order chi connectivity index (χ0) is 20.0. The third-order valence-electron chi connectivity index (χ3n) is 3.96. The summed E-state index contributed by atoms with van der Waals surface area (Å²) < 4.78 is 32.6. The van der Waals surface area contributed by atoms with E-state index in [2.05, 4.69) is 20.7 Å². The molecule has 1 amide bonds. The predicted molar refractivity (Wildman–Crippen MR) is 108 cm³/mol. The number of nitrogens with zero attached hydrogens (tertiary/aromatic N) is 1. The summed E-state index contributed by atoms with van der Waals surface area (Å²) in [6, 6.07) is 12.3. The Balaban J connectivity index is 2.21. The van der Waals surface area contributed by atoms with Crippen LogP contribution in [0, 0.1) is 6.92 Å². The van der Waals surface area contributed by atoms with Gasteiger partial charge in [0.05, 0.1) is 17.1 Å². The fraction of sp³-hybridized carbons (Fsp3) is 0.316. The van der Waals surface area contributed by atoms with Crippen molar-refractivity contribution >= 4 is 31.9 Å². The average Bonchev–Trinajstić information content (AvgIpc) is 2.63. The Morgan fingerprint density at radius 2 is 1.85 bits per heavy atom. The number of hydrogen-bond acceptors (Lipinski definition) is 4. The third kappa shape index (κ3) is 5.87. The first-order valence-corrected chi connectivity index (χ1v) is 10.6. The van der Waals surface area contributed by atoms with E-state index < -0.39 is 10.0 Å². The molecule has 0 fully saturated rings. The van der Waals surface area contributed by atoms with Gasteiger partial charge in [-0.3, -0.25) is 4.79 Å². The highest BCUT2D eigenvalue weighted by molar-refractivity contribution is 9.10. The molecule has 8 heteroatoms. The minimum Gasteiger partial charge on any atom is -0.383 e. The van der Waals surface area contributed by atoms with E-state index in [-0.39, 0.29) is 24.0 Å². The van der Waals surface area contributed by atoms with Crippen LogP contribution >= 0.6 is 15.9 Å². The van der Waals surface area contributed by atoms with Gasteiger partial charge in [-0.15, -0.1) is 0 Å². The van der Waals surface area contributed by atoms with Gasteiger partial charge >= 0.3 is 0 Å². The van der Waals surface area contributed by atoms with E-state index in [1.807, 2.05) is 31.2 Å². The SMILES string of the molecule is COCCNS(=O)(=O)c1ccc(Br)c(C(=O)N(C)Cc2ccc(C)cc2)c1. The minimum atomic E-state index is -3.72. The van der Waals surface area contributed by atoms with Crippen molar-refractivity contribution in [3.05, 3.63) is 63.6 Å². The largest absolute Gasteiger partial charge is 0.383 e. The number of aryl methyl sites for hydroxylation is 1. The number of benzene rings is 2. The van der Waals surface area contributed by atoms with Gasteiger partial charge in [-0.05, 0) is 46.6 Å². The van der Waals surface area contributed by atoms with E-state index >= 15 is 0 Å². The van der Waals surface area contributed by atoms with Crippen molar-refractivity contribution in [2.24, 2.45) is 0 Å². The summed E-state index contributed by atoms with van der Waals surface area (Å²) in [5.41, 5.74) is 2.44. The van der Waals surface area contributed by atoms with Crippen molar-refractivity contribution < 1.29 is 17.9 Å². The van der Waals surface area contributed by atoms with Gasteiger partial charge in [0.2, 0.25) is 10.0 Å². The summed E-state index contributed by atoms with van der Waals surface area (Å²) in [7, 11) is -0.534. The van der Waals surface area contributed by atoms with E-state index in [1.165, 1.54) is 19.2 Å². The van der Waals surface area contributed by atoms with Gasteiger partial charge in [-0.25, -0.2) is 13.1 Å². The summed E-state index contributed by atoms with van der Waals surface area (Å²) in [6.45, 7) is 2.85. The number of rotatable bonds is 8. The maximum absolute atomic E-state index is 12.8. The molecule has 0 unspecified atom stereocenters. The fourth-order valence-corrected chi connectivity index (χ4v) is 3.90. The van der Waals surface area contributed by atoms with Crippen molar-refractivity contribution in [3.63, 3.8) is 0 Å². The van der Waals surface area contributed by atoms with Crippen LogP contribution in [0.1, 0.15) is 21.5 Å². The molecule has 0 aromatic heterocycles. The van der Waals surface area contributed by atoms with E-state index in [1.54, 1.807) is 18.0 Å². The molecule has 146 valence electrons. The highest BCUT2D eigenvalue weighted by Crippen LogP contribution is 2.23. The molecular weight excluding hydrogens is 432 g/mol. The van der Waals surface area contributed by atoms with E-state index in [0.717, 1.165) is 11.1 Å². The first-order valence-electron chi connectivity index (χ1n) is 8.34. The lowest BCUT2D eigenvalue weighted by Crippen LogP contribution is -2.29. The third-order valence-corrected chi connectivity index (χ3v) is 6.11. The van der Waals surface area contributed by atoms with E-state index in [0.29, 0.717) is 16.6 Å². The lowest BCUT2D eigenvalue weighted by molar-refractivity contribution is 0.0784. The molecule has 6 nitrogen and oxygen atoms in total. The second-order valence-corrected chi connectivity index (χ2v) is 8.80. The van der Waals surface area contributed by atoms with Gasteiger partial charge < -0.3 is 9.64 Å². The first kappa shape index (κ1) is 21.6. The van der Waals surface area contributed by atoms with Crippen molar-refractivity contribution in [1.29, 1.82) is 0 Å². The van der Waals surface area contributed by atoms with E-state index in [4.69, 9.17) is 4.74 Å². The van der Waals surface area contributed by atoms with Crippen LogP contribution in [-0.2, 0) is 21.3 Å². The Bertz CT molecular complexity index is 898. The lowest BCUT2D eigenvalue weighted by Gasteiger charge is -2.19. The summed E-state index contributed by atoms with van der Waals surface area (Å²) in [6.07, 6.45) is 0. The maximum Gasteiger partial charge on any atom is 0.255 e. The molecule has 0 atom stereocenters. The Kier molecular flexibility index (Phi) is 7.55. The number of ether oxygens (including phenoxy) is 1. The van der Waals surface area contributed by atoms with Crippen LogP contribution in [0.4, 0.5) is 0 Å². The Morgan fingerprint density at radius 1 is 1.19 bits per heavy atom. The first-order chi connectivity index (χ1) is 12.7. The smallest absolute Gasteiger partial charge is 0.255 e. The molecule has 0 saturated heterocycles. The second-order valence-electron chi connectivity index (χ2n) is 6.18. The molecule has 0 aliphatic heterocycles. The van der Waals surface area contributed by atoms with Gasteiger partial charge in [0.1, 0.15) is 0 Å². The summed E-state index contributed by atoms with van der Waals surface area (Å²) in [5, 5.41) is 0. The van der Waals surface area contributed by atoms with Gasteiger partial charge in [-0.1, -0.05) is 29.8 Å². The number of nitrogens with one attached hydrogen (secondary N) is 1. The topological polar surface area (TPSA) is 75.7 Å². The van der Waals surface area contributed by atoms with Gasteiger partial charge in [0, 0.05) is 31.7 Å².